The second-order valence-corrected chi connectivity index (χ2v) is 11.5. The molecule has 1 amide bonds. The SMILES string of the molecule is C=CCN(CC=C)S(=O)(=O)c1ccc(C(=O)N(Cc2cccnc2)c2nc3c(C)c(C)ccc3s2)cc1. The number of thiazole rings is 1. The van der Waals surface area contributed by atoms with E-state index in [0.717, 1.165) is 26.9 Å². The average Bonchev–Trinajstić information content (AvgIpc) is 3.34. The van der Waals surface area contributed by atoms with Gasteiger partial charge in [-0.1, -0.05) is 35.6 Å². The van der Waals surface area contributed by atoms with Gasteiger partial charge in [-0.05, 0) is 66.9 Å². The Morgan fingerprint density at radius 1 is 1.03 bits per heavy atom. The highest BCUT2D eigenvalue weighted by Crippen LogP contribution is 2.33. The maximum absolute atomic E-state index is 13.8. The zero-order valence-corrected chi connectivity index (χ0v) is 22.4. The smallest absolute Gasteiger partial charge is 0.260 e. The molecule has 2 heterocycles. The Labute approximate surface area is 221 Å². The van der Waals surface area contributed by atoms with Gasteiger partial charge in [-0.25, -0.2) is 13.4 Å². The molecule has 7 nitrogen and oxygen atoms in total. The number of pyridine rings is 1. The molecule has 0 saturated carbocycles. The lowest BCUT2D eigenvalue weighted by Crippen LogP contribution is -2.32. The number of sulfonamides is 1. The molecule has 2 aromatic heterocycles. The molecule has 37 heavy (non-hydrogen) atoms. The Balaban J connectivity index is 1.71. The molecule has 0 bridgehead atoms. The summed E-state index contributed by atoms with van der Waals surface area (Å²) in [5.41, 5.74) is 4.29. The number of aryl methyl sites for hydroxylation is 2. The number of nitrogens with zero attached hydrogens (tertiary/aromatic N) is 4. The van der Waals surface area contributed by atoms with Crippen molar-refractivity contribution >= 4 is 42.6 Å². The third kappa shape index (κ3) is 5.53. The highest BCUT2D eigenvalue weighted by molar-refractivity contribution is 7.89. The second kappa shape index (κ2) is 11.2. The molecule has 0 aliphatic heterocycles. The summed E-state index contributed by atoms with van der Waals surface area (Å²) in [4.78, 5) is 24.5. The Morgan fingerprint density at radius 3 is 2.35 bits per heavy atom. The molecule has 0 N–H and O–H groups in total. The van der Waals surface area contributed by atoms with E-state index in [-0.39, 0.29) is 30.4 Å². The van der Waals surface area contributed by atoms with Crippen molar-refractivity contribution in [2.45, 2.75) is 25.3 Å². The molecule has 0 aliphatic carbocycles. The van der Waals surface area contributed by atoms with Gasteiger partial charge in [-0.3, -0.25) is 14.7 Å². The maximum atomic E-state index is 13.8. The fraction of sp³-hybridized carbons (Fsp3) is 0.179. The number of amides is 1. The molecule has 4 aromatic rings. The zero-order valence-electron chi connectivity index (χ0n) is 20.8. The number of carbonyl (C=O) groups is 1. The minimum Gasteiger partial charge on any atom is -0.279 e. The molecule has 0 spiro atoms. The average molecular weight is 533 g/mol. The van der Waals surface area contributed by atoms with E-state index in [1.807, 2.05) is 38.1 Å². The standard InChI is InChI=1S/C28H28N4O3S2/c1-5-16-31(17-6-2)37(34,35)24-12-10-23(11-13-24)27(33)32(19-22-8-7-15-29-18-22)28-30-26-21(4)20(3)9-14-25(26)36-28/h5-15,18H,1-2,16-17,19H2,3-4H3. The summed E-state index contributed by atoms with van der Waals surface area (Å²) < 4.78 is 28.4. The number of benzene rings is 2. The summed E-state index contributed by atoms with van der Waals surface area (Å²) in [5, 5.41) is 0.567. The molecular weight excluding hydrogens is 504 g/mol. The minimum absolute atomic E-state index is 0.0950. The van der Waals surface area contributed by atoms with E-state index in [4.69, 9.17) is 4.98 Å². The lowest BCUT2D eigenvalue weighted by atomic mass is 10.1. The van der Waals surface area contributed by atoms with E-state index in [9.17, 15) is 13.2 Å². The van der Waals surface area contributed by atoms with Crippen LogP contribution in [-0.2, 0) is 16.6 Å². The van der Waals surface area contributed by atoms with Gasteiger partial charge in [0, 0.05) is 31.0 Å². The summed E-state index contributed by atoms with van der Waals surface area (Å²) in [7, 11) is -3.77. The summed E-state index contributed by atoms with van der Waals surface area (Å²) in [6, 6.07) is 13.8. The molecule has 4 rings (SSSR count). The van der Waals surface area contributed by atoms with E-state index in [0.29, 0.717) is 10.7 Å². The fourth-order valence-corrected chi connectivity index (χ4v) is 6.27. The summed E-state index contributed by atoms with van der Waals surface area (Å²) in [5.74, 6) is -0.282. The lowest BCUT2D eigenvalue weighted by Gasteiger charge is -2.21. The first-order valence-electron chi connectivity index (χ1n) is 11.7. The van der Waals surface area contributed by atoms with Crippen molar-refractivity contribution in [2.24, 2.45) is 0 Å². The van der Waals surface area contributed by atoms with Gasteiger partial charge in [-0.15, -0.1) is 13.2 Å². The van der Waals surface area contributed by atoms with Crippen LogP contribution in [0.15, 0.2) is 91.1 Å². The van der Waals surface area contributed by atoms with Crippen molar-refractivity contribution < 1.29 is 13.2 Å². The monoisotopic (exact) mass is 532 g/mol. The third-order valence-corrected chi connectivity index (χ3v) is 8.91. The van der Waals surface area contributed by atoms with Gasteiger partial charge in [0.05, 0.1) is 21.7 Å². The maximum Gasteiger partial charge on any atom is 0.260 e. The molecule has 0 saturated heterocycles. The molecule has 9 heteroatoms. The summed E-state index contributed by atoms with van der Waals surface area (Å²) >= 11 is 1.44. The number of carbonyl (C=O) groups excluding carboxylic acids is 1. The normalized spacial score (nSPS) is 11.5. The molecule has 190 valence electrons. The number of fused-ring (bicyclic) bond motifs is 1. The van der Waals surface area contributed by atoms with Crippen LogP contribution in [0.4, 0.5) is 5.13 Å². The number of rotatable bonds is 10. The first kappa shape index (κ1) is 26.4. The lowest BCUT2D eigenvalue weighted by molar-refractivity contribution is 0.0985. The predicted octanol–water partition coefficient (Wildman–Crippen LogP) is 5.52. The predicted molar refractivity (Wildman–Crippen MR) is 149 cm³/mol. The summed E-state index contributed by atoms with van der Waals surface area (Å²) in [6.45, 7) is 11.9. The van der Waals surface area contributed by atoms with Gasteiger partial charge < -0.3 is 0 Å². The van der Waals surface area contributed by atoms with E-state index >= 15 is 0 Å². The van der Waals surface area contributed by atoms with E-state index in [1.165, 1.54) is 52.1 Å². The molecule has 2 aromatic carbocycles. The van der Waals surface area contributed by atoms with Crippen LogP contribution in [0.5, 0.6) is 0 Å². The van der Waals surface area contributed by atoms with E-state index in [1.54, 1.807) is 17.3 Å². The first-order chi connectivity index (χ1) is 17.8. The van der Waals surface area contributed by atoms with Crippen LogP contribution in [0.25, 0.3) is 10.2 Å². The molecular formula is C28H28N4O3S2. The molecule has 0 atom stereocenters. The van der Waals surface area contributed by atoms with Crippen LogP contribution < -0.4 is 4.90 Å². The third-order valence-electron chi connectivity index (χ3n) is 6.02. The second-order valence-electron chi connectivity index (χ2n) is 8.53. The van der Waals surface area contributed by atoms with Crippen LogP contribution in [-0.4, -0.2) is 41.7 Å². The molecule has 0 aliphatic rings. The van der Waals surface area contributed by atoms with E-state index < -0.39 is 10.0 Å². The van der Waals surface area contributed by atoms with Crippen LogP contribution in [0.3, 0.4) is 0 Å². The quantitative estimate of drug-likeness (QED) is 0.251. The Morgan fingerprint density at radius 2 is 1.73 bits per heavy atom. The van der Waals surface area contributed by atoms with Crippen molar-refractivity contribution in [3.63, 3.8) is 0 Å². The van der Waals surface area contributed by atoms with Gasteiger partial charge in [0.1, 0.15) is 0 Å². The van der Waals surface area contributed by atoms with Crippen molar-refractivity contribution in [1.82, 2.24) is 14.3 Å². The number of hydrogen-bond acceptors (Lipinski definition) is 6. The molecule has 0 radical (unpaired) electrons. The van der Waals surface area contributed by atoms with Crippen molar-refractivity contribution in [1.29, 1.82) is 0 Å². The topological polar surface area (TPSA) is 83.5 Å². The largest absolute Gasteiger partial charge is 0.279 e. The summed E-state index contributed by atoms with van der Waals surface area (Å²) in [6.07, 6.45) is 6.44. The van der Waals surface area contributed by atoms with Crippen LogP contribution in [0, 0.1) is 13.8 Å². The van der Waals surface area contributed by atoms with Crippen LogP contribution >= 0.6 is 11.3 Å². The minimum atomic E-state index is -3.77. The van der Waals surface area contributed by atoms with Crippen molar-refractivity contribution in [2.75, 3.05) is 18.0 Å². The zero-order chi connectivity index (χ0) is 26.6. The van der Waals surface area contributed by atoms with Crippen molar-refractivity contribution in [3.8, 4) is 0 Å². The van der Waals surface area contributed by atoms with Gasteiger partial charge in [0.2, 0.25) is 10.0 Å². The Bertz CT molecular complexity index is 1540. The van der Waals surface area contributed by atoms with Gasteiger partial charge in [0.15, 0.2) is 5.13 Å². The van der Waals surface area contributed by atoms with Gasteiger partial charge >= 0.3 is 0 Å². The fourth-order valence-electron chi connectivity index (χ4n) is 3.86. The first-order valence-corrected chi connectivity index (χ1v) is 13.9. The van der Waals surface area contributed by atoms with Crippen LogP contribution in [0.2, 0.25) is 0 Å². The number of aromatic nitrogens is 2. The van der Waals surface area contributed by atoms with E-state index in [2.05, 4.69) is 18.1 Å². The highest BCUT2D eigenvalue weighted by atomic mass is 32.2. The highest BCUT2D eigenvalue weighted by Gasteiger charge is 2.25. The van der Waals surface area contributed by atoms with Gasteiger partial charge in [-0.2, -0.15) is 4.31 Å². The molecule has 0 unspecified atom stereocenters. The van der Waals surface area contributed by atoms with Crippen LogP contribution in [0.1, 0.15) is 27.0 Å². The van der Waals surface area contributed by atoms with Crippen molar-refractivity contribution in [3.05, 3.63) is 108 Å². The number of hydrogen-bond donors (Lipinski definition) is 0. The Kier molecular flexibility index (Phi) is 7.97. The Hall–Kier alpha value is -3.66. The molecule has 0 fully saturated rings. The van der Waals surface area contributed by atoms with Gasteiger partial charge in [0.25, 0.3) is 5.91 Å². The number of anilines is 1.